The Hall–Kier alpha value is -3.98. The number of amides is 1. The van der Waals surface area contributed by atoms with Crippen LogP contribution in [-0.4, -0.2) is 62.0 Å². The number of piperazine rings is 1. The summed E-state index contributed by atoms with van der Waals surface area (Å²) in [5, 5.41) is 5.38. The maximum absolute atomic E-state index is 13.4. The van der Waals surface area contributed by atoms with Crippen LogP contribution >= 0.6 is 15.9 Å². The minimum atomic E-state index is -0.547. The van der Waals surface area contributed by atoms with E-state index in [0.29, 0.717) is 5.71 Å². The van der Waals surface area contributed by atoms with Crippen LogP contribution < -0.4 is 9.80 Å². The van der Waals surface area contributed by atoms with Gasteiger partial charge in [0.15, 0.2) is 0 Å². The summed E-state index contributed by atoms with van der Waals surface area (Å²) in [4.78, 5) is 28.6. The molecule has 1 aliphatic heterocycles. The zero-order valence-electron chi connectivity index (χ0n) is 21.0. The molecule has 0 atom stereocenters. The SMILES string of the molecule is CN(C)C(=O)O/N=C1\c2ccccc2-c2c1c(N1CCN(c3ccc(F)cc3)CC1)nc1ccc(Br)cc21. The molecule has 1 fully saturated rings. The number of halogens is 2. The van der Waals surface area contributed by atoms with Gasteiger partial charge in [-0.25, -0.2) is 14.2 Å². The molecule has 6 rings (SSSR count). The summed E-state index contributed by atoms with van der Waals surface area (Å²) in [6.07, 6.45) is -0.547. The molecule has 1 amide bonds. The number of carbonyl (C=O) groups excluding carboxylic acids is 1. The van der Waals surface area contributed by atoms with Crippen molar-refractivity contribution >= 4 is 50.1 Å². The Bertz CT molecular complexity index is 1580. The largest absolute Gasteiger partial charge is 0.435 e. The Kier molecular flexibility index (Phi) is 6.23. The quantitative estimate of drug-likeness (QED) is 0.199. The summed E-state index contributed by atoms with van der Waals surface area (Å²) in [6, 6.07) is 20.7. The van der Waals surface area contributed by atoms with Crippen LogP contribution in [0.15, 0.2) is 76.4 Å². The maximum atomic E-state index is 13.4. The predicted molar refractivity (Wildman–Crippen MR) is 152 cm³/mol. The van der Waals surface area contributed by atoms with E-state index in [0.717, 1.165) is 75.3 Å². The standard InChI is InChI=1S/C29H25BrFN5O2/c1-34(2)29(37)38-33-27-22-6-4-3-5-21(22)25-23-17-18(30)7-12-24(23)32-28(26(25)27)36-15-13-35(14-16-36)20-10-8-19(31)9-11-20/h3-12,17H,13-16H2,1-2H3/b33-27+. The zero-order valence-corrected chi connectivity index (χ0v) is 22.6. The van der Waals surface area contributed by atoms with E-state index in [1.807, 2.05) is 42.5 Å². The molecule has 0 N–H and O–H groups in total. The first-order valence-corrected chi connectivity index (χ1v) is 13.1. The molecule has 192 valence electrons. The Labute approximate surface area is 228 Å². The molecule has 38 heavy (non-hydrogen) atoms. The van der Waals surface area contributed by atoms with Crippen LogP contribution in [0.1, 0.15) is 11.1 Å². The molecule has 0 saturated carbocycles. The fourth-order valence-electron chi connectivity index (χ4n) is 5.09. The van der Waals surface area contributed by atoms with E-state index < -0.39 is 6.09 Å². The molecule has 2 heterocycles. The topological polar surface area (TPSA) is 61.3 Å². The van der Waals surface area contributed by atoms with Crippen LogP contribution in [0.25, 0.3) is 22.0 Å². The molecular weight excluding hydrogens is 549 g/mol. The lowest BCUT2D eigenvalue weighted by molar-refractivity contribution is 0.122. The molecule has 4 aromatic rings. The number of hydrogen-bond donors (Lipinski definition) is 0. The van der Waals surface area contributed by atoms with Gasteiger partial charge in [0.05, 0.1) is 11.1 Å². The van der Waals surface area contributed by atoms with Gasteiger partial charge in [0.2, 0.25) is 0 Å². The van der Waals surface area contributed by atoms with Crippen LogP contribution in [0.2, 0.25) is 0 Å². The van der Waals surface area contributed by atoms with Crippen LogP contribution in [0.4, 0.5) is 20.7 Å². The third-order valence-electron chi connectivity index (χ3n) is 6.97. The lowest BCUT2D eigenvalue weighted by atomic mass is 10.0. The first-order valence-electron chi connectivity index (χ1n) is 12.4. The van der Waals surface area contributed by atoms with Gasteiger partial charge in [0.1, 0.15) is 17.3 Å². The van der Waals surface area contributed by atoms with Crippen LogP contribution in [-0.2, 0) is 4.84 Å². The van der Waals surface area contributed by atoms with Crippen molar-refractivity contribution in [2.24, 2.45) is 5.16 Å². The van der Waals surface area contributed by atoms with E-state index in [2.05, 4.69) is 43.0 Å². The highest BCUT2D eigenvalue weighted by atomic mass is 79.9. The molecule has 0 unspecified atom stereocenters. The third kappa shape index (κ3) is 4.26. The number of nitrogens with zero attached hydrogens (tertiary/aromatic N) is 5. The molecule has 2 aliphatic rings. The number of fused-ring (bicyclic) bond motifs is 5. The number of oxime groups is 1. The van der Waals surface area contributed by atoms with E-state index in [9.17, 15) is 9.18 Å². The van der Waals surface area contributed by atoms with Crippen molar-refractivity contribution in [3.8, 4) is 11.1 Å². The van der Waals surface area contributed by atoms with Crippen molar-refractivity contribution in [1.29, 1.82) is 0 Å². The number of anilines is 2. The van der Waals surface area contributed by atoms with Crippen molar-refractivity contribution in [1.82, 2.24) is 9.88 Å². The number of hydrogen-bond acceptors (Lipinski definition) is 6. The van der Waals surface area contributed by atoms with Crippen molar-refractivity contribution in [2.45, 2.75) is 0 Å². The lowest BCUT2D eigenvalue weighted by Gasteiger charge is -2.37. The fraction of sp³-hybridized carbons (Fsp3) is 0.207. The molecule has 0 radical (unpaired) electrons. The molecule has 9 heteroatoms. The molecule has 7 nitrogen and oxygen atoms in total. The second kappa shape index (κ2) is 9.72. The second-order valence-corrected chi connectivity index (χ2v) is 10.5. The molecule has 1 saturated heterocycles. The summed E-state index contributed by atoms with van der Waals surface area (Å²) < 4.78 is 14.4. The van der Waals surface area contributed by atoms with Gasteiger partial charge in [-0.2, -0.15) is 0 Å². The summed E-state index contributed by atoms with van der Waals surface area (Å²) in [5.74, 6) is 0.570. The number of rotatable bonds is 3. The minimum Gasteiger partial charge on any atom is -0.368 e. The van der Waals surface area contributed by atoms with E-state index in [1.54, 1.807) is 14.1 Å². The van der Waals surface area contributed by atoms with Gasteiger partial charge in [0, 0.05) is 66.9 Å². The molecular formula is C29H25BrFN5O2. The molecule has 0 spiro atoms. The average molecular weight is 574 g/mol. The molecule has 1 aromatic heterocycles. The zero-order chi connectivity index (χ0) is 26.4. The summed E-state index contributed by atoms with van der Waals surface area (Å²) in [5.41, 5.74) is 6.28. The third-order valence-corrected chi connectivity index (χ3v) is 7.46. The smallest absolute Gasteiger partial charge is 0.368 e. The van der Waals surface area contributed by atoms with E-state index >= 15 is 0 Å². The average Bonchev–Trinajstić information content (AvgIpc) is 3.26. The van der Waals surface area contributed by atoms with Gasteiger partial charge in [-0.05, 0) is 48.0 Å². The second-order valence-electron chi connectivity index (χ2n) is 9.53. The molecule has 0 bridgehead atoms. The maximum Gasteiger partial charge on any atom is 0.435 e. The Morgan fingerprint density at radius 3 is 2.34 bits per heavy atom. The predicted octanol–water partition coefficient (Wildman–Crippen LogP) is 5.89. The minimum absolute atomic E-state index is 0.240. The van der Waals surface area contributed by atoms with Crippen molar-refractivity contribution in [2.75, 3.05) is 50.1 Å². The van der Waals surface area contributed by atoms with E-state index in [-0.39, 0.29) is 5.82 Å². The number of benzene rings is 3. The van der Waals surface area contributed by atoms with Crippen LogP contribution in [0, 0.1) is 5.82 Å². The summed E-state index contributed by atoms with van der Waals surface area (Å²) in [7, 11) is 3.25. The van der Waals surface area contributed by atoms with Gasteiger partial charge < -0.3 is 14.7 Å². The number of carbonyl (C=O) groups is 1. The molecule has 3 aromatic carbocycles. The van der Waals surface area contributed by atoms with Crippen molar-refractivity contribution < 1.29 is 14.0 Å². The lowest BCUT2D eigenvalue weighted by Crippen LogP contribution is -2.47. The Morgan fingerprint density at radius 1 is 0.947 bits per heavy atom. The van der Waals surface area contributed by atoms with Crippen LogP contribution in [0.5, 0.6) is 0 Å². The van der Waals surface area contributed by atoms with Gasteiger partial charge in [-0.3, -0.25) is 4.84 Å². The van der Waals surface area contributed by atoms with E-state index in [1.165, 1.54) is 17.0 Å². The first-order chi connectivity index (χ1) is 18.4. The van der Waals surface area contributed by atoms with Gasteiger partial charge >= 0.3 is 6.09 Å². The van der Waals surface area contributed by atoms with Gasteiger partial charge in [-0.15, -0.1) is 0 Å². The Balaban J connectivity index is 1.46. The van der Waals surface area contributed by atoms with Gasteiger partial charge in [-0.1, -0.05) is 45.4 Å². The number of pyridine rings is 1. The Morgan fingerprint density at radius 2 is 1.63 bits per heavy atom. The fourth-order valence-corrected chi connectivity index (χ4v) is 5.45. The normalized spacial score (nSPS) is 15.5. The highest BCUT2D eigenvalue weighted by Crippen LogP contribution is 2.46. The molecule has 1 aliphatic carbocycles. The van der Waals surface area contributed by atoms with Crippen molar-refractivity contribution in [3.63, 3.8) is 0 Å². The van der Waals surface area contributed by atoms with Crippen LogP contribution in [0.3, 0.4) is 0 Å². The van der Waals surface area contributed by atoms with Gasteiger partial charge in [0.25, 0.3) is 0 Å². The highest BCUT2D eigenvalue weighted by Gasteiger charge is 2.34. The summed E-state index contributed by atoms with van der Waals surface area (Å²) in [6.45, 7) is 2.96. The number of aromatic nitrogens is 1. The van der Waals surface area contributed by atoms with Crippen molar-refractivity contribution in [3.05, 3.63) is 88.1 Å². The van der Waals surface area contributed by atoms with E-state index in [4.69, 9.17) is 9.82 Å². The highest BCUT2D eigenvalue weighted by molar-refractivity contribution is 9.10. The monoisotopic (exact) mass is 573 g/mol. The summed E-state index contributed by atoms with van der Waals surface area (Å²) >= 11 is 3.62. The first kappa shape index (κ1) is 24.4.